The molecule has 0 fully saturated rings. The average Bonchev–Trinajstić information content (AvgIpc) is 3.74. The van der Waals surface area contributed by atoms with E-state index in [0.29, 0.717) is 6.42 Å². The number of hydrogen-bond acceptors (Lipinski definition) is 8. The fourth-order valence-corrected chi connectivity index (χ4v) is 10.1. The van der Waals surface area contributed by atoms with Gasteiger partial charge in [0.2, 0.25) is 0 Å². The minimum Gasteiger partial charge on any atom is -0.495 e. The van der Waals surface area contributed by atoms with Gasteiger partial charge in [0.1, 0.15) is 10.6 Å². The van der Waals surface area contributed by atoms with Crippen LogP contribution in [0.15, 0.2) is 100.0 Å². The first-order valence-corrected chi connectivity index (χ1v) is 23.8. The molecule has 1 aromatic heterocycles. The summed E-state index contributed by atoms with van der Waals surface area (Å²) in [5.41, 5.74) is 0.434. The van der Waals surface area contributed by atoms with Gasteiger partial charge in [0.15, 0.2) is 11.9 Å². The number of para-hydroxylation sites is 2. The molecule has 12 nitrogen and oxygen atoms in total. The third-order valence-corrected chi connectivity index (χ3v) is 13.8. The first-order valence-electron chi connectivity index (χ1n) is 20.5. The van der Waals surface area contributed by atoms with E-state index in [1.807, 2.05) is 0 Å². The molecule has 2 N–H and O–H groups in total. The van der Waals surface area contributed by atoms with Crippen LogP contribution in [0.5, 0.6) is 5.75 Å². The molecule has 3 aromatic carbocycles. The van der Waals surface area contributed by atoms with E-state index in [1.54, 1.807) is 48.7 Å². The molecule has 1 unspecified atom stereocenters. The first kappa shape index (κ1) is 44.7. The van der Waals surface area contributed by atoms with Gasteiger partial charge >= 0.3 is 0 Å². The van der Waals surface area contributed by atoms with Crippen LogP contribution >= 0.6 is 11.6 Å². The average molecular weight is 854 g/mol. The number of halogens is 1. The van der Waals surface area contributed by atoms with Crippen molar-refractivity contribution >= 4 is 60.5 Å². The number of amidine groups is 1. The Bertz CT molecular complexity index is 2180. The van der Waals surface area contributed by atoms with Crippen LogP contribution in [0.3, 0.4) is 0 Å². The van der Waals surface area contributed by atoms with Gasteiger partial charge in [-0.15, -0.1) is 0 Å². The Morgan fingerprint density at radius 1 is 0.793 bits per heavy atom. The van der Waals surface area contributed by atoms with Crippen LogP contribution in [0.4, 0.5) is 17.1 Å². The number of fused-ring (bicyclic) bond motifs is 1. The van der Waals surface area contributed by atoms with Crippen molar-refractivity contribution in [3.63, 3.8) is 0 Å². The van der Waals surface area contributed by atoms with E-state index in [1.165, 1.54) is 123 Å². The van der Waals surface area contributed by atoms with Crippen molar-refractivity contribution in [1.29, 1.82) is 0 Å². The maximum absolute atomic E-state index is 14.5. The first-order chi connectivity index (χ1) is 28.1. The van der Waals surface area contributed by atoms with Crippen molar-refractivity contribution in [3.8, 4) is 5.75 Å². The van der Waals surface area contributed by atoms with Gasteiger partial charge in [-0.1, -0.05) is 139 Å². The Hall–Kier alpha value is -4.40. The minimum atomic E-state index is -4.16. The zero-order chi connectivity index (χ0) is 41.4. The third kappa shape index (κ3) is 12.1. The lowest BCUT2D eigenvalue weighted by Gasteiger charge is -2.33. The van der Waals surface area contributed by atoms with Gasteiger partial charge in [-0.3, -0.25) is 18.5 Å². The van der Waals surface area contributed by atoms with Crippen molar-refractivity contribution in [3.05, 3.63) is 90.2 Å². The Labute approximate surface area is 349 Å². The number of nitrogens with one attached hydrogen (secondary N) is 2. The van der Waals surface area contributed by atoms with Crippen LogP contribution in [0.1, 0.15) is 116 Å². The molecular weight excluding hydrogens is 796 g/mol. The summed E-state index contributed by atoms with van der Waals surface area (Å²) in [6.07, 6.45) is 22.1. The van der Waals surface area contributed by atoms with Crippen molar-refractivity contribution in [2.75, 3.05) is 23.7 Å². The smallest absolute Gasteiger partial charge is 0.267 e. The Morgan fingerprint density at radius 3 is 2.00 bits per heavy atom. The fourth-order valence-electron chi connectivity index (χ4n) is 7.11. The second-order valence-corrected chi connectivity index (χ2v) is 18.6. The quantitative estimate of drug-likeness (QED) is 0.0630. The fraction of sp³-hybridized carbons (Fsp3) is 0.465. The molecule has 0 radical (unpaired) electrons. The van der Waals surface area contributed by atoms with Gasteiger partial charge in [0, 0.05) is 18.9 Å². The SMILES string of the molecule is CCCCCCCCCCCCCCCCCCN1C(C(C(=O)Nc2cc(S(=O)(=O)Nc3ccccc3Cl)ccc2OC)n2cccn2)=Nc2ccccc2S1(=O)=O. The molecule has 0 saturated carbocycles. The van der Waals surface area contributed by atoms with Gasteiger partial charge in [-0.25, -0.2) is 21.8 Å². The molecule has 5 rings (SSSR count). The zero-order valence-electron chi connectivity index (χ0n) is 33.6. The van der Waals surface area contributed by atoms with E-state index in [4.69, 9.17) is 21.3 Å². The predicted octanol–water partition coefficient (Wildman–Crippen LogP) is 10.5. The van der Waals surface area contributed by atoms with E-state index in [2.05, 4.69) is 22.1 Å². The highest BCUT2D eigenvalue weighted by atomic mass is 35.5. The number of methoxy groups -OCH3 is 1. The summed E-state index contributed by atoms with van der Waals surface area (Å²) in [4.78, 5) is 19.1. The van der Waals surface area contributed by atoms with E-state index in [0.717, 1.165) is 25.7 Å². The molecule has 0 aliphatic carbocycles. The standard InChI is InChI=1S/C43H57ClN6O6S2/c1-3-4-5-6-7-8-9-10-11-12-13-14-15-16-17-22-32-50-42(46-37-26-20-21-27-40(37)58(50,54)55)41(49-31-23-30-45-49)43(51)47-38-33-34(28-29-39(38)56-2)57(52,53)48-36-25-19-18-24-35(36)44/h18-21,23-31,33,41,48H,3-17,22,32H2,1-2H3,(H,47,51). The van der Waals surface area contributed by atoms with Crippen molar-refractivity contribution in [2.24, 2.45) is 4.99 Å². The van der Waals surface area contributed by atoms with Crippen LogP contribution in [0.25, 0.3) is 0 Å². The number of ether oxygens (including phenoxy) is 1. The third-order valence-electron chi connectivity index (χ3n) is 10.3. The van der Waals surface area contributed by atoms with E-state index >= 15 is 0 Å². The number of benzene rings is 3. The molecule has 1 aliphatic rings. The molecule has 4 aromatic rings. The molecular formula is C43H57ClN6O6S2. The van der Waals surface area contributed by atoms with Crippen molar-refractivity contribution < 1.29 is 26.4 Å². The summed E-state index contributed by atoms with van der Waals surface area (Å²) in [5.74, 6) is -0.553. The highest BCUT2D eigenvalue weighted by molar-refractivity contribution is 7.92. The van der Waals surface area contributed by atoms with Gasteiger partial charge in [0.05, 0.1) is 34.1 Å². The molecule has 314 valence electrons. The lowest BCUT2D eigenvalue weighted by molar-refractivity contribution is -0.117. The number of amides is 1. The molecule has 58 heavy (non-hydrogen) atoms. The Balaban J connectivity index is 1.27. The van der Waals surface area contributed by atoms with E-state index in [9.17, 15) is 21.6 Å². The Morgan fingerprint density at radius 2 is 1.40 bits per heavy atom. The molecule has 0 spiro atoms. The predicted molar refractivity (Wildman–Crippen MR) is 232 cm³/mol. The monoisotopic (exact) mass is 852 g/mol. The molecule has 1 atom stereocenters. The van der Waals surface area contributed by atoms with Crippen LogP contribution in [-0.4, -0.2) is 56.3 Å². The molecule has 15 heteroatoms. The maximum atomic E-state index is 14.5. The van der Waals surface area contributed by atoms with Gasteiger partial charge < -0.3 is 10.1 Å². The molecule has 2 heterocycles. The minimum absolute atomic E-state index is 0.0241. The van der Waals surface area contributed by atoms with Crippen LogP contribution < -0.4 is 14.8 Å². The van der Waals surface area contributed by atoms with Gasteiger partial charge in [-0.2, -0.15) is 5.10 Å². The second-order valence-electron chi connectivity index (χ2n) is 14.6. The summed E-state index contributed by atoms with van der Waals surface area (Å²) in [5, 5.41) is 7.33. The normalized spacial score (nSPS) is 14.1. The lowest BCUT2D eigenvalue weighted by Crippen LogP contribution is -2.47. The van der Waals surface area contributed by atoms with E-state index in [-0.39, 0.29) is 50.0 Å². The summed E-state index contributed by atoms with van der Waals surface area (Å²) < 4.78 is 66.0. The van der Waals surface area contributed by atoms with Gasteiger partial charge in [0.25, 0.3) is 26.0 Å². The maximum Gasteiger partial charge on any atom is 0.267 e. The largest absolute Gasteiger partial charge is 0.495 e. The zero-order valence-corrected chi connectivity index (χ0v) is 36.0. The molecule has 1 amide bonds. The second kappa shape index (κ2) is 22.1. The van der Waals surface area contributed by atoms with Crippen molar-refractivity contribution in [2.45, 2.75) is 125 Å². The number of anilines is 2. The number of carbonyl (C=O) groups excluding carboxylic acids is 1. The number of sulfonamides is 2. The number of aromatic nitrogens is 2. The highest BCUT2D eigenvalue weighted by Crippen LogP contribution is 2.36. The number of nitrogens with zero attached hydrogens (tertiary/aromatic N) is 4. The lowest BCUT2D eigenvalue weighted by atomic mass is 10.0. The van der Waals surface area contributed by atoms with Crippen LogP contribution in [0.2, 0.25) is 5.02 Å². The summed E-state index contributed by atoms with van der Waals surface area (Å²) in [6, 6.07) is 17.2. The highest BCUT2D eigenvalue weighted by Gasteiger charge is 2.41. The molecule has 0 bridgehead atoms. The topological polar surface area (TPSA) is 152 Å². The summed E-state index contributed by atoms with van der Waals surface area (Å²) in [7, 11) is -6.88. The number of hydrogen-bond donors (Lipinski definition) is 2. The number of aliphatic imine (C=N–C) groups is 1. The molecule has 0 saturated heterocycles. The number of carbonyl (C=O) groups is 1. The van der Waals surface area contributed by atoms with Crippen LogP contribution in [-0.2, 0) is 24.8 Å². The molecule has 1 aliphatic heterocycles. The number of rotatable bonds is 25. The van der Waals surface area contributed by atoms with Crippen LogP contribution in [0, 0.1) is 0 Å². The van der Waals surface area contributed by atoms with E-state index < -0.39 is 32.0 Å². The van der Waals surface area contributed by atoms with Crippen molar-refractivity contribution in [1.82, 2.24) is 14.1 Å². The Kier molecular flexibility index (Phi) is 17.0. The van der Waals surface area contributed by atoms with Gasteiger partial charge in [-0.05, 0) is 55.0 Å². The number of unbranched alkanes of at least 4 members (excludes halogenated alkanes) is 15. The summed E-state index contributed by atoms with van der Waals surface area (Å²) >= 11 is 6.22. The summed E-state index contributed by atoms with van der Waals surface area (Å²) in [6.45, 7) is 2.37.